The standard InChI is InChI=1S/C14H17NO/c1-15(2)14(16)10-8-13(9-11-14)12-6-4-3-5-7-12/h3-10,16H,11H2,1-2H3. The Bertz CT molecular complexity index is 420. The molecule has 1 atom stereocenters. The lowest BCUT2D eigenvalue weighted by Crippen LogP contribution is -2.42. The lowest BCUT2D eigenvalue weighted by molar-refractivity contribution is -0.0355. The highest BCUT2D eigenvalue weighted by atomic mass is 16.3. The van der Waals surface area contributed by atoms with Gasteiger partial charge in [-0.3, -0.25) is 4.90 Å². The van der Waals surface area contributed by atoms with Gasteiger partial charge in [0.15, 0.2) is 0 Å². The molecule has 0 spiro atoms. The number of allylic oxidation sites excluding steroid dienone is 2. The van der Waals surface area contributed by atoms with Crippen LogP contribution in [0.4, 0.5) is 0 Å². The predicted molar refractivity (Wildman–Crippen MR) is 66.8 cm³/mol. The van der Waals surface area contributed by atoms with Gasteiger partial charge in [0.05, 0.1) is 0 Å². The average Bonchev–Trinajstić information content (AvgIpc) is 2.31. The maximum absolute atomic E-state index is 10.2. The van der Waals surface area contributed by atoms with Crippen molar-refractivity contribution in [3.8, 4) is 0 Å². The van der Waals surface area contributed by atoms with Gasteiger partial charge in [-0.25, -0.2) is 0 Å². The number of benzene rings is 1. The molecule has 1 aromatic carbocycles. The molecular formula is C14H17NO. The molecule has 2 heteroatoms. The van der Waals surface area contributed by atoms with Gasteiger partial charge in [0.1, 0.15) is 5.72 Å². The Hall–Kier alpha value is -1.38. The first-order chi connectivity index (χ1) is 7.62. The summed E-state index contributed by atoms with van der Waals surface area (Å²) in [6.45, 7) is 0. The SMILES string of the molecule is CN(C)C1(O)C=CC(c2ccccc2)=CC1. The second kappa shape index (κ2) is 4.24. The molecule has 1 aromatic rings. The highest BCUT2D eigenvalue weighted by Crippen LogP contribution is 2.27. The number of nitrogens with zero attached hydrogens (tertiary/aromatic N) is 1. The minimum atomic E-state index is -0.835. The molecule has 0 bridgehead atoms. The van der Waals surface area contributed by atoms with E-state index in [1.54, 1.807) is 0 Å². The Morgan fingerprint density at radius 1 is 1.19 bits per heavy atom. The smallest absolute Gasteiger partial charge is 0.140 e. The molecule has 0 aromatic heterocycles. The van der Waals surface area contributed by atoms with Gasteiger partial charge in [-0.2, -0.15) is 0 Å². The third-order valence-electron chi connectivity index (χ3n) is 3.03. The van der Waals surface area contributed by atoms with Crippen molar-refractivity contribution in [2.75, 3.05) is 14.1 Å². The van der Waals surface area contributed by atoms with Gasteiger partial charge < -0.3 is 5.11 Å². The van der Waals surface area contributed by atoms with Crippen LogP contribution < -0.4 is 0 Å². The first-order valence-corrected chi connectivity index (χ1v) is 5.46. The fraction of sp³-hybridized carbons (Fsp3) is 0.286. The van der Waals surface area contributed by atoms with Crippen LogP contribution in [-0.2, 0) is 0 Å². The van der Waals surface area contributed by atoms with Crippen molar-refractivity contribution >= 4 is 5.57 Å². The van der Waals surface area contributed by atoms with Crippen LogP contribution in [0.5, 0.6) is 0 Å². The van der Waals surface area contributed by atoms with Crippen LogP contribution in [0, 0.1) is 0 Å². The Morgan fingerprint density at radius 2 is 1.88 bits per heavy atom. The minimum absolute atomic E-state index is 0.626. The minimum Gasteiger partial charge on any atom is -0.372 e. The van der Waals surface area contributed by atoms with Crippen LogP contribution >= 0.6 is 0 Å². The van der Waals surface area contributed by atoms with Crippen LogP contribution in [0.3, 0.4) is 0 Å². The van der Waals surface area contributed by atoms with Crippen molar-refractivity contribution in [3.63, 3.8) is 0 Å². The Morgan fingerprint density at radius 3 is 2.38 bits per heavy atom. The third kappa shape index (κ3) is 2.08. The van der Waals surface area contributed by atoms with Crippen LogP contribution in [0.1, 0.15) is 12.0 Å². The van der Waals surface area contributed by atoms with E-state index in [0.717, 1.165) is 0 Å². The van der Waals surface area contributed by atoms with E-state index in [2.05, 4.69) is 18.2 Å². The van der Waals surface area contributed by atoms with Gasteiger partial charge >= 0.3 is 0 Å². The lowest BCUT2D eigenvalue weighted by atomic mass is 9.94. The highest BCUT2D eigenvalue weighted by molar-refractivity contribution is 5.75. The van der Waals surface area contributed by atoms with Crippen LogP contribution in [-0.4, -0.2) is 29.8 Å². The van der Waals surface area contributed by atoms with Crippen molar-refractivity contribution in [2.24, 2.45) is 0 Å². The quantitative estimate of drug-likeness (QED) is 0.765. The van der Waals surface area contributed by atoms with E-state index in [4.69, 9.17) is 0 Å². The summed E-state index contributed by atoms with van der Waals surface area (Å²) in [5, 5.41) is 10.2. The van der Waals surface area contributed by atoms with Gasteiger partial charge in [0, 0.05) is 6.42 Å². The van der Waals surface area contributed by atoms with Gasteiger partial charge in [0.25, 0.3) is 0 Å². The third-order valence-corrected chi connectivity index (χ3v) is 3.03. The topological polar surface area (TPSA) is 23.5 Å². The molecule has 2 nitrogen and oxygen atoms in total. The van der Waals surface area contributed by atoms with Crippen molar-refractivity contribution in [2.45, 2.75) is 12.1 Å². The zero-order chi connectivity index (χ0) is 11.6. The number of hydrogen-bond acceptors (Lipinski definition) is 2. The summed E-state index contributed by atoms with van der Waals surface area (Å²) in [4.78, 5) is 1.82. The van der Waals surface area contributed by atoms with Crippen LogP contribution in [0.2, 0.25) is 0 Å². The van der Waals surface area contributed by atoms with E-state index >= 15 is 0 Å². The van der Waals surface area contributed by atoms with Gasteiger partial charge in [0.2, 0.25) is 0 Å². The molecule has 1 aliphatic carbocycles. The molecule has 1 N–H and O–H groups in total. The Labute approximate surface area is 96.5 Å². The Balaban J connectivity index is 2.20. The molecule has 0 radical (unpaired) electrons. The summed E-state index contributed by atoms with van der Waals surface area (Å²) in [5.74, 6) is 0. The first-order valence-electron chi connectivity index (χ1n) is 5.46. The molecule has 1 unspecified atom stereocenters. The van der Waals surface area contributed by atoms with E-state index in [1.807, 2.05) is 49.3 Å². The molecule has 0 saturated carbocycles. The monoisotopic (exact) mass is 215 g/mol. The molecule has 2 rings (SSSR count). The number of hydrogen-bond donors (Lipinski definition) is 1. The molecule has 16 heavy (non-hydrogen) atoms. The fourth-order valence-electron chi connectivity index (χ4n) is 1.80. The van der Waals surface area contributed by atoms with Crippen molar-refractivity contribution in [3.05, 3.63) is 54.1 Å². The largest absolute Gasteiger partial charge is 0.372 e. The number of aliphatic hydroxyl groups is 1. The zero-order valence-electron chi connectivity index (χ0n) is 9.72. The molecule has 84 valence electrons. The van der Waals surface area contributed by atoms with Crippen molar-refractivity contribution < 1.29 is 5.11 Å². The predicted octanol–water partition coefficient (Wildman–Crippen LogP) is 2.28. The molecular weight excluding hydrogens is 198 g/mol. The molecule has 0 heterocycles. The second-order valence-corrected chi connectivity index (χ2v) is 4.34. The summed E-state index contributed by atoms with van der Waals surface area (Å²) < 4.78 is 0. The van der Waals surface area contributed by atoms with Crippen LogP contribution in [0.25, 0.3) is 5.57 Å². The van der Waals surface area contributed by atoms with E-state index in [1.165, 1.54) is 11.1 Å². The summed E-state index contributed by atoms with van der Waals surface area (Å²) in [6, 6.07) is 10.2. The number of rotatable bonds is 2. The Kier molecular flexibility index (Phi) is 2.95. The van der Waals surface area contributed by atoms with Gasteiger partial charge in [-0.05, 0) is 31.3 Å². The van der Waals surface area contributed by atoms with Crippen molar-refractivity contribution in [1.29, 1.82) is 0 Å². The molecule has 0 fully saturated rings. The summed E-state index contributed by atoms with van der Waals surface area (Å²) in [7, 11) is 3.76. The summed E-state index contributed by atoms with van der Waals surface area (Å²) in [5.41, 5.74) is 1.53. The van der Waals surface area contributed by atoms with E-state index in [0.29, 0.717) is 6.42 Å². The zero-order valence-corrected chi connectivity index (χ0v) is 9.72. The van der Waals surface area contributed by atoms with E-state index in [9.17, 15) is 5.11 Å². The number of likely N-dealkylation sites (N-methyl/N-ethyl adjacent to an activating group) is 1. The normalized spacial score (nSPS) is 24.6. The maximum atomic E-state index is 10.2. The van der Waals surface area contributed by atoms with E-state index in [-0.39, 0.29) is 0 Å². The molecule has 0 aliphatic heterocycles. The molecule has 0 amide bonds. The van der Waals surface area contributed by atoms with Gasteiger partial charge in [-0.15, -0.1) is 0 Å². The lowest BCUT2D eigenvalue weighted by Gasteiger charge is -2.33. The van der Waals surface area contributed by atoms with Crippen molar-refractivity contribution in [1.82, 2.24) is 4.90 Å². The molecule has 0 saturated heterocycles. The van der Waals surface area contributed by atoms with Crippen LogP contribution in [0.15, 0.2) is 48.6 Å². The first kappa shape index (κ1) is 11.1. The fourth-order valence-corrected chi connectivity index (χ4v) is 1.80. The average molecular weight is 215 g/mol. The van der Waals surface area contributed by atoms with E-state index < -0.39 is 5.72 Å². The second-order valence-electron chi connectivity index (χ2n) is 4.34. The highest BCUT2D eigenvalue weighted by Gasteiger charge is 2.27. The summed E-state index contributed by atoms with van der Waals surface area (Å²) in [6.07, 6.45) is 6.55. The molecule has 1 aliphatic rings. The maximum Gasteiger partial charge on any atom is 0.140 e. The summed E-state index contributed by atoms with van der Waals surface area (Å²) >= 11 is 0. The van der Waals surface area contributed by atoms with Gasteiger partial charge in [-0.1, -0.05) is 42.5 Å².